The van der Waals surface area contributed by atoms with Crippen molar-refractivity contribution in [2.75, 3.05) is 18.5 Å². The van der Waals surface area contributed by atoms with Gasteiger partial charge in [-0.1, -0.05) is 0 Å². The summed E-state index contributed by atoms with van der Waals surface area (Å²) in [5, 5.41) is 2.94. The quantitative estimate of drug-likeness (QED) is 0.362. The lowest BCUT2D eigenvalue weighted by molar-refractivity contribution is -0.118. The fourth-order valence-corrected chi connectivity index (χ4v) is 3.69. The summed E-state index contributed by atoms with van der Waals surface area (Å²) in [6, 6.07) is 7.27. The first kappa shape index (κ1) is 20.4. The van der Waals surface area contributed by atoms with Crippen molar-refractivity contribution < 1.29 is 23.9 Å². The van der Waals surface area contributed by atoms with E-state index >= 15 is 0 Å². The lowest BCUT2D eigenvalue weighted by Crippen LogP contribution is -2.21. The Morgan fingerprint density at radius 2 is 1.85 bits per heavy atom. The number of esters is 1. The van der Waals surface area contributed by atoms with Crippen LogP contribution in [0.1, 0.15) is 39.4 Å². The molecule has 0 aliphatic rings. The van der Waals surface area contributed by atoms with Gasteiger partial charge in [0.25, 0.3) is 5.91 Å². The Labute approximate surface area is 169 Å². The van der Waals surface area contributed by atoms with Crippen LogP contribution in [0.15, 0.2) is 24.3 Å². The number of amides is 1. The van der Waals surface area contributed by atoms with Gasteiger partial charge in [0.2, 0.25) is 0 Å². The van der Waals surface area contributed by atoms with Crippen molar-refractivity contribution >= 4 is 56.6 Å². The third kappa shape index (κ3) is 5.04. The molecule has 8 heteroatoms. The van der Waals surface area contributed by atoms with Crippen LogP contribution < -0.4 is 10.1 Å². The summed E-state index contributed by atoms with van der Waals surface area (Å²) in [6.07, 6.45) is 0. The van der Waals surface area contributed by atoms with E-state index in [0.717, 1.165) is 14.9 Å². The molecule has 26 heavy (non-hydrogen) atoms. The van der Waals surface area contributed by atoms with E-state index in [-0.39, 0.29) is 24.6 Å². The van der Waals surface area contributed by atoms with Crippen LogP contribution in [0, 0.1) is 10.5 Å². The number of thiophene rings is 1. The third-order valence-electron chi connectivity index (χ3n) is 3.38. The molecule has 0 fully saturated rings. The molecule has 1 heterocycles. The first-order valence-corrected chi connectivity index (χ1v) is 9.72. The standard InChI is InChI=1S/C18H18INO5S/c1-4-24-18(23)15-10(2)16(11(3)21)26-17(15)20-14(22)9-25-13-7-5-12(19)6-8-13/h5-8H,4,9H2,1-3H3,(H,20,22). The normalized spacial score (nSPS) is 10.3. The van der Waals surface area contributed by atoms with Gasteiger partial charge >= 0.3 is 5.97 Å². The van der Waals surface area contributed by atoms with E-state index in [0.29, 0.717) is 21.2 Å². The van der Waals surface area contributed by atoms with Gasteiger partial charge in [0.15, 0.2) is 12.4 Å². The minimum absolute atomic E-state index is 0.173. The molecule has 1 N–H and O–H groups in total. The van der Waals surface area contributed by atoms with Gasteiger partial charge in [0.1, 0.15) is 10.8 Å². The first-order valence-electron chi connectivity index (χ1n) is 7.83. The molecule has 6 nitrogen and oxygen atoms in total. The maximum Gasteiger partial charge on any atom is 0.341 e. The van der Waals surface area contributed by atoms with Crippen LogP contribution in [0.2, 0.25) is 0 Å². The topological polar surface area (TPSA) is 81.7 Å². The predicted molar refractivity (Wildman–Crippen MR) is 108 cm³/mol. The largest absolute Gasteiger partial charge is 0.484 e. The van der Waals surface area contributed by atoms with Gasteiger partial charge in [0.05, 0.1) is 17.0 Å². The molecule has 1 aromatic carbocycles. The smallest absolute Gasteiger partial charge is 0.341 e. The predicted octanol–water partition coefficient (Wildman–Crippen LogP) is 4.06. The van der Waals surface area contributed by atoms with Crippen LogP contribution in [0.4, 0.5) is 5.00 Å². The van der Waals surface area contributed by atoms with Crippen molar-refractivity contribution in [3.05, 3.63) is 43.8 Å². The third-order valence-corrected chi connectivity index (χ3v) is 5.41. The summed E-state index contributed by atoms with van der Waals surface area (Å²) in [4.78, 5) is 36.6. The highest BCUT2D eigenvalue weighted by Crippen LogP contribution is 2.34. The van der Waals surface area contributed by atoms with Gasteiger partial charge in [-0.3, -0.25) is 9.59 Å². The zero-order chi connectivity index (χ0) is 19.3. The molecule has 0 radical (unpaired) electrons. The Bertz CT molecular complexity index is 829. The van der Waals surface area contributed by atoms with E-state index in [1.165, 1.54) is 6.92 Å². The molecule has 2 rings (SSSR count). The van der Waals surface area contributed by atoms with E-state index in [4.69, 9.17) is 9.47 Å². The lowest BCUT2D eigenvalue weighted by atomic mass is 10.1. The molecule has 0 atom stereocenters. The number of carbonyl (C=O) groups excluding carboxylic acids is 3. The number of carbonyl (C=O) groups is 3. The average molecular weight is 487 g/mol. The molecule has 0 spiro atoms. The number of Topliss-reactive ketones (excluding diaryl/α,β-unsaturated/α-hetero) is 1. The Hall–Kier alpha value is -1.94. The number of anilines is 1. The van der Waals surface area contributed by atoms with Gasteiger partial charge in [-0.25, -0.2) is 4.79 Å². The van der Waals surface area contributed by atoms with Crippen molar-refractivity contribution in [3.8, 4) is 5.75 Å². The molecule has 0 saturated carbocycles. The SMILES string of the molecule is CCOC(=O)c1c(NC(=O)COc2ccc(I)cc2)sc(C(C)=O)c1C. The highest BCUT2D eigenvalue weighted by molar-refractivity contribution is 14.1. The van der Waals surface area contributed by atoms with Crippen molar-refractivity contribution in [1.82, 2.24) is 0 Å². The average Bonchev–Trinajstić information content (AvgIpc) is 2.91. The maximum absolute atomic E-state index is 12.2. The molecule has 0 unspecified atom stereocenters. The van der Waals surface area contributed by atoms with Crippen molar-refractivity contribution in [2.24, 2.45) is 0 Å². The summed E-state index contributed by atoms with van der Waals surface area (Å²) >= 11 is 3.24. The zero-order valence-electron chi connectivity index (χ0n) is 14.6. The molecule has 2 aromatic rings. The number of rotatable bonds is 7. The van der Waals surface area contributed by atoms with Crippen LogP contribution in [-0.4, -0.2) is 30.9 Å². The molecule has 1 amide bonds. The highest BCUT2D eigenvalue weighted by atomic mass is 127. The van der Waals surface area contributed by atoms with Gasteiger partial charge in [-0.2, -0.15) is 0 Å². The van der Waals surface area contributed by atoms with Crippen LogP contribution in [0.3, 0.4) is 0 Å². The molecule has 1 aromatic heterocycles. The van der Waals surface area contributed by atoms with Gasteiger partial charge in [-0.05, 0) is 73.2 Å². The summed E-state index contributed by atoms with van der Waals surface area (Å²) in [5.41, 5.74) is 0.722. The minimum atomic E-state index is -0.567. The molecule has 0 bridgehead atoms. The molecular formula is C18H18INO5S. The van der Waals surface area contributed by atoms with Crippen LogP contribution in [0.5, 0.6) is 5.75 Å². The Kier molecular flexibility index (Phi) is 7.15. The minimum Gasteiger partial charge on any atom is -0.484 e. The summed E-state index contributed by atoms with van der Waals surface area (Å²) in [5.74, 6) is -0.597. The van der Waals surface area contributed by atoms with Gasteiger partial charge in [0, 0.05) is 3.57 Å². The van der Waals surface area contributed by atoms with Crippen molar-refractivity contribution in [2.45, 2.75) is 20.8 Å². The lowest BCUT2D eigenvalue weighted by Gasteiger charge is -2.08. The second-order valence-electron chi connectivity index (χ2n) is 5.33. The Balaban J connectivity index is 2.15. The molecule has 138 valence electrons. The van der Waals surface area contributed by atoms with E-state index in [1.807, 2.05) is 12.1 Å². The second-order valence-corrected chi connectivity index (χ2v) is 7.59. The monoisotopic (exact) mass is 487 g/mol. The van der Waals surface area contributed by atoms with E-state index in [9.17, 15) is 14.4 Å². The fraction of sp³-hybridized carbons (Fsp3) is 0.278. The number of benzene rings is 1. The molecular weight excluding hydrogens is 469 g/mol. The van der Waals surface area contributed by atoms with Crippen LogP contribution >= 0.6 is 33.9 Å². The number of ether oxygens (including phenoxy) is 2. The number of hydrogen-bond donors (Lipinski definition) is 1. The van der Waals surface area contributed by atoms with Crippen molar-refractivity contribution in [3.63, 3.8) is 0 Å². The maximum atomic E-state index is 12.2. The van der Waals surface area contributed by atoms with Crippen molar-refractivity contribution in [1.29, 1.82) is 0 Å². The number of halogens is 1. The second kappa shape index (κ2) is 9.13. The Morgan fingerprint density at radius 3 is 2.42 bits per heavy atom. The fourth-order valence-electron chi connectivity index (χ4n) is 2.23. The summed E-state index contributed by atoms with van der Waals surface area (Å²) < 4.78 is 11.5. The summed E-state index contributed by atoms with van der Waals surface area (Å²) in [6.45, 7) is 4.76. The first-order chi connectivity index (χ1) is 12.3. The number of hydrogen-bond acceptors (Lipinski definition) is 6. The molecule has 0 aliphatic carbocycles. The molecule has 0 aliphatic heterocycles. The zero-order valence-corrected chi connectivity index (χ0v) is 17.5. The van der Waals surface area contributed by atoms with Crippen LogP contribution in [0.25, 0.3) is 0 Å². The summed E-state index contributed by atoms with van der Waals surface area (Å²) in [7, 11) is 0. The van der Waals surface area contributed by atoms with E-state index in [2.05, 4.69) is 27.9 Å². The molecule has 0 saturated heterocycles. The number of ketones is 1. The number of nitrogens with one attached hydrogen (secondary N) is 1. The van der Waals surface area contributed by atoms with E-state index in [1.54, 1.807) is 26.0 Å². The van der Waals surface area contributed by atoms with Gasteiger partial charge < -0.3 is 14.8 Å². The van der Waals surface area contributed by atoms with Gasteiger partial charge in [-0.15, -0.1) is 11.3 Å². The Morgan fingerprint density at radius 1 is 1.19 bits per heavy atom. The highest BCUT2D eigenvalue weighted by Gasteiger charge is 2.25. The van der Waals surface area contributed by atoms with E-state index < -0.39 is 11.9 Å². The van der Waals surface area contributed by atoms with Crippen LogP contribution in [-0.2, 0) is 9.53 Å².